The summed E-state index contributed by atoms with van der Waals surface area (Å²) in [7, 11) is 0. The number of carbonyl (C=O) groups is 2. The van der Waals surface area contributed by atoms with Gasteiger partial charge in [0.05, 0.1) is 0 Å². The van der Waals surface area contributed by atoms with Crippen molar-refractivity contribution in [3.63, 3.8) is 0 Å². The second kappa shape index (κ2) is 6.00. The Morgan fingerprint density at radius 1 is 1.09 bits per heavy atom. The second-order valence-corrected chi connectivity index (χ2v) is 5.22. The molecular formula is C17H15NO5. The zero-order valence-electron chi connectivity index (χ0n) is 12.1. The molecule has 0 saturated carbocycles. The smallest absolute Gasteiger partial charge is 0.323 e. The van der Waals surface area contributed by atoms with Crippen LogP contribution in [0.1, 0.15) is 11.6 Å². The summed E-state index contributed by atoms with van der Waals surface area (Å²) in [5.41, 5.74) is 0.467. The van der Waals surface area contributed by atoms with E-state index in [2.05, 4.69) is 0 Å². The summed E-state index contributed by atoms with van der Waals surface area (Å²) in [4.78, 5) is 24.4. The Bertz CT molecular complexity index is 731. The van der Waals surface area contributed by atoms with Gasteiger partial charge in [-0.1, -0.05) is 36.4 Å². The van der Waals surface area contributed by atoms with Crippen LogP contribution in [0.5, 0.6) is 11.5 Å². The summed E-state index contributed by atoms with van der Waals surface area (Å²) in [5.74, 6) is -1.01. The summed E-state index contributed by atoms with van der Waals surface area (Å²) in [6.07, 6.45) is -0.856. The molecule has 2 N–H and O–H groups in total. The second-order valence-electron chi connectivity index (χ2n) is 5.22. The number of hydrogen-bond donors (Lipinski definition) is 2. The van der Waals surface area contributed by atoms with Gasteiger partial charge in [0, 0.05) is 5.56 Å². The maximum Gasteiger partial charge on any atom is 0.323 e. The van der Waals surface area contributed by atoms with Crippen molar-refractivity contribution in [1.29, 1.82) is 0 Å². The number of likely N-dealkylation sites (tertiary alicyclic amines) is 1. The highest BCUT2D eigenvalue weighted by Crippen LogP contribution is 2.40. The number of para-hydroxylation sites is 2. The van der Waals surface area contributed by atoms with Gasteiger partial charge in [0.25, 0.3) is 5.91 Å². The Morgan fingerprint density at radius 2 is 1.74 bits per heavy atom. The molecule has 3 rings (SSSR count). The van der Waals surface area contributed by atoms with Crippen molar-refractivity contribution in [3.05, 3.63) is 60.2 Å². The number of nitrogens with zero attached hydrogens (tertiary/aromatic N) is 1. The van der Waals surface area contributed by atoms with Crippen molar-refractivity contribution in [2.45, 2.75) is 12.1 Å². The monoisotopic (exact) mass is 313 g/mol. The molecule has 1 aliphatic rings. The van der Waals surface area contributed by atoms with Gasteiger partial charge in [-0.15, -0.1) is 0 Å². The summed E-state index contributed by atoms with van der Waals surface area (Å²) in [6.45, 7) is -0.438. The highest BCUT2D eigenvalue weighted by Gasteiger charge is 2.51. The minimum absolute atomic E-state index is 0.00190. The molecule has 0 aliphatic carbocycles. The Kier molecular flexibility index (Phi) is 3.89. The minimum Gasteiger partial charge on any atom is -0.508 e. The number of ether oxygens (including phenoxy) is 1. The lowest BCUT2D eigenvalue weighted by Crippen LogP contribution is -2.62. The molecule has 6 nitrogen and oxygen atoms in total. The average Bonchev–Trinajstić information content (AvgIpc) is 2.55. The van der Waals surface area contributed by atoms with Crippen LogP contribution in [0.25, 0.3) is 0 Å². The van der Waals surface area contributed by atoms with Crippen molar-refractivity contribution in [2.75, 3.05) is 6.54 Å². The third-order valence-corrected chi connectivity index (χ3v) is 3.72. The van der Waals surface area contributed by atoms with Crippen LogP contribution in [0.3, 0.4) is 0 Å². The number of hydrogen-bond acceptors (Lipinski definition) is 4. The first-order valence-corrected chi connectivity index (χ1v) is 7.10. The van der Waals surface area contributed by atoms with E-state index >= 15 is 0 Å². The molecule has 0 bridgehead atoms. The predicted molar refractivity (Wildman–Crippen MR) is 81.1 cm³/mol. The lowest BCUT2D eigenvalue weighted by molar-refractivity contribution is -0.169. The number of phenolic OH excluding ortho intramolecular Hbond substituents is 1. The number of β-lactam (4-membered cyclic amide) rings is 1. The maximum absolute atomic E-state index is 12.3. The number of benzene rings is 2. The van der Waals surface area contributed by atoms with Gasteiger partial charge in [-0.25, -0.2) is 0 Å². The number of aliphatic carboxylic acids is 1. The Morgan fingerprint density at radius 3 is 2.39 bits per heavy atom. The number of aromatic hydroxyl groups is 1. The topological polar surface area (TPSA) is 87.1 Å². The molecule has 0 aromatic heterocycles. The highest BCUT2D eigenvalue weighted by molar-refractivity contribution is 5.92. The van der Waals surface area contributed by atoms with Crippen LogP contribution in [0.2, 0.25) is 0 Å². The predicted octanol–water partition coefficient (Wildman–Crippen LogP) is 1.81. The lowest BCUT2D eigenvalue weighted by atomic mass is 9.90. The van der Waals surface area contributed by atoms with E-state index in [1.54, 1.807) is 42.5 Å². The quantitative estimate of drug-likeness (QED) is 0.822. The first-order valence-electron chi connectivity index (χ1n) is 7.10. The third kappa shape index (κ3) is 2.83. The normalized spacial score (nSPS) is 20.0. The van der Waals surface area contributed by atoms with Crippen molar-refractivity contribution < 1.29 is 24.5 Å². The molecule has 1 saturated heterocycles. The van der Waals surface area contributed by atoms with E-state index in [1.807, 2.05) is 6.07 Å². The summed E-state index contributed by atoms with van der Waals surface area (Å²) < 4.78 is 5.70. The number of amides is 1. The maximum atomic E-state index is 12.3. The molecule has 0 unspecified atom stereocenters. The molecule has 0 radical (unpaired) electrons. The number of rotatable bonds is 5. The molecule has 6 heteroatoms. The van der Waals surface area contributed by atoms with Gasteiger partial charge in [0.2, 0.25) is 6.10 Å². The van der Waals surface area contributed by atoms with Gasteiger partial charge in [-0.05, 0) is 18.2 Å². The average molecular weight is 313 g/mol. The molecule has 23 heavy (non-hydrogen) atoms. The zero-order valence-corrected chi connectivity index (χ0v) is 12.1. The Balaban J connectivity index is 1.90. The summed E-state index contributed by atoms with van der Waals surface area (Å²) in [6, 6.07) is 14.7. The van der Waals surface area contributed by atoms with Crippen LogP contribution in [0.15, 0.2) is 54.6 Å². The van der Waals surface area contributed by atoms with Crippen LogP contribution < -0.4 is 4.74 Å². The number of carboxylic acid groups (broad SMARTS) is 1. The van der Waals surface area contributed by atoms with E-state index in [0.717, 1.165) is 0 Å². The molecule has 1 aliphatic heterocycles. The third-order valence-electron chi connectivity index (χ3n) is 3.72. The van der Waals surface area contributed by atoms with E-state index in [1.165, 1.54) is 11.0 Å². The number of phenols is 1. The van der Waals surface area contributed by atoms with Gasteiger partial charge >= 0.3 is 5.97 Å². The van der Waals surface area contributed by atoms with Crippen molar-refractivity contribution in [3.8, 4) is 11.5 Å². The highest BCUT2D eigenvalue weighted by atomic mass is 16.5. The van der Waals surface area contributed by atoms with Gasteiger partial charge in [0.15, 0.2) is 0 Å². The molecule has 0 spiro atoms. The SMILES string of the molecule is O=C(O)CN1C(=O)[C@@H](Oc2ccccc2)[C@H]1c1ccccc1O. The van der Waals surface area contributed by atoms with Crippen LogP contribution in [0, 0.1) is 0 Å². The van der Waals surface area contributed by atoms with Gasteiger partial charge in [-0.2, -0.15) is 0 Å². The van der Waals surface area contributed by atoms with Crippen LogP contribution in [0.4, 0.5) is 0 Å². The van der Waals surface area contributed by atoms with E-state index in [0.29, 0.717) is 11.3 Å². The van der Waals surface area contributed by atoms with E-state index < -0.39 is 30.6 Å². The molecule has 1 amide bonds. The fourth-order valence-electron chi connectivity index (χ4n) is 2.67. The summed E-state index contributed by atoms with van der Waals surface area (Å²) >= 11 is 0. The van der Waals surface area contributed by atoms with E-state index in [9.17, 15) is 14.7 Å². The fourth-order valence-corrected chi connectivity index (χ4v) is 2.67. The van der Waals surface area contributed by atoms with Crippen LogP contribution in [-0.4, -0.2) is 39.6 Å². The first kappa shape index (κ1) is 14.9. The van der Waals surface area contributed by atoms with Crippen LogP contribution >= 0.6 is 0 Å². The van der Waals surface area contributed by atoms with Crippen molar-refractivity contribution in [1.82, 2.24) is 4.90 Å². The van der Waals surface area contributed by atoms with Crippen molar-refractivity contribution >= 4 is 11.9 Å². The Labute approximate surface area is 132 Å². The van der Waals surface area contributed by atoms with E-state index in [-0.39, 0.29) is 5.75 Å². The first-order chi connectivity index (χ1) is 11.1. The number of carboxylic acids is 1. The number of carbonyl (C=O) groups excluding carboxylic acids is 1. The molecule has 2 aromatic rings. The zero-order chi connectivity index (χ0) is 16.4. The molecule has 118 valence electrons. The molecule has 2 atom stereocenters. The van der Waals surface area contributed by atoms with Gasteiger partial charge < -0.3 is 19.8 Å². The fraction of sp³-hybridized carbons (Fsp3) is 0.176. The largest absolute Gasteiger partial charge is 0.508 e. The van der Waals surface area contributed by atoms with Gasteiger partial charge in [0.1, 0.15) is 24.1 Å². The molecule has 1 heterocycles. The minimum atomic E-state index is -1.11. The molecule has 2 aromatic carbocycles. The molecule has 1 fully saturated rings. The standard InChI is InChI=1S/C17H15NO5/c19-13-9-5-4-8-12(13)15-16(17(22)18(15)10-14(20)21)23-11-6-2-1-3-7-11/h1-9,15-16,19H,10H2,(H,20,21)/t15-,16+/m1/s1. The van der Waals surface area contributed by atoms with E-state index in [4.69, 9.17) is 9.84 Å². The van der Waals surface area contributed by atoms with Gasteiger partial charge in [-0.3, -0.25) is 9.59 Å². The lowest BCUT2D eigenvalue weighted by Gasteiger charge is -2.46. The van der Waals surface area contributed by atoms with Crippen molar-refractivity contribution in [2.24, 2.45) is 0 Å². The Hall–Kier alpha value is -3.02. The molecular weight excluding hydrogens is 298 g/mol. The van der Waals surface area contributed by atoms with Crippen LogP contribution in [-0.2, 0) is 9.59 Å². The summed E-state index contributed by atoms with van der Waals surface area (Å²) in [5, 5.41) is 19.0.